The van der Waals surface area contributed by atoms with Gasteiger partial charge in [-0.2, -0.15) is 0 Å². The van der Waals surface area contributed by atoms with Gasteiger partial charge in [0.1, 0.15) is 0 Å². The molecule has 2 rings (SSSR count). The van der Waals surface area contributed by atoms with Crippen LogP contribution < -0.4 is 5.73 Å². The number of hydrogen-bond acceptors (Lipinski definition) is 3. The van der Waals surface area contributed by atoms with E-state index in [0.29, 0.717) is 18.1 Å². The number of carbonyl (C=O) groups excluding carboxylic acids is 1. The van der Waals surface area contributed by atoms with Crippen molar-refractivity contribution in [1.82, 2.24) is 0 Å². The summed E-state index contributed by atoms with van der Waals surface area (Å²) in [5.41, 5.74) is 7.22. The highest BCUT2D eigenvalue weighted by Gasteiger charge is 2.11. The summed E-state index contributed by atoms with van der Waals surface area (Å²) in [7, 11) is 0. The zero-order chi connectivity index (χ0) is 11.4. The predicted octanol–water partition coefficient (Wildman–Crippen LogP) is 2.16. The predicted molar refractivity (Wildman–Crippen MR) is 63.5 cm³/mol. The average molecular weight is 215 g/mol. The van der Waals surface area contributed by atoms with Gasteiger partial charge in [-0.25, -0.2) is 0 Å². The molecular formula is C13H13NO2. The van der Waals surface area contributed by atoms with Crippen LogP contribution in [0.4, 0.5) is 5.69 Å². The minimum atomic E-state index is -0.0886. The molecule has 3 heteroatoms. The SMILES string of the molecule is Nc1ccc(/C=C/C(=O)C2=CCCO2)cc1. The van der Waals surface area contributed by atoms with Gasteiger partial charge in [0, 0.05) is 12.1 Å². The number of ketones is 1. The Balaban J connectivity index is 2.03. The summed E-state index contributed by atoms with van der Waals surface area (Å²) < 4.78 is 5.16. The summed E-state index contributed by atoms with van der Waals surface area (Å²) in [5.74, 6) is 0.362. The Morgan fingerprint density at radius 1 is 1.31 bits per heavy atom. The zero-order valence-electron chi connectivity index (χ0n) is 8.85. The number of nitrogen functional groups attached to an aromatic ring is 1. The highest BCUT2D eigenvalue weighted by atomic mass is 16.5. The number of rotatable bonds is 3. The topological polar surface area (TPSA) is 52.3 Å². The van der Waals surface area contributed by atoms with Crippen LogP contribution in [0.5, 0.6) is 0 Å². The molecule has 0 spiro atoms. The quantitative estimate of drug-likeness (QED) is 0.621. The van der Waals surface area contributed by atoms with Gasteiger partial charge in [0.05, 0.1) is 6.61 Å². The Morgan fingerprint density at radius 3 is 2.69 bits per heavy atom. The Kier molecular flexibility index (Phi) is 3.05. The molecule has 1 aromatic rings. The van der Waals surface area contributed by atoms with Gasteiger partial charge in [-0.05, 0) is 29.8 Å². The van der Waals surface area contributed by atoms with Crippen LogP contribution in [-0.2, 0) is 9.53 Å². The number of benzene rings is 1. The van der Waals surface area contributed by atoms with Gasteiger partial charge < -0.3 is 10.5 Å². The maximum absolute atomic E-state index is 11.6. The molecule has 0 saturated heterocycles. The second kappa shape index (κ2) is 4.66. The van der Waals surface area contributed by atoms with Crippen molar-refractivity contribution in [2.75, 3.05) is 12.3 Å². The molecule has 16 heavy (non-hydrogen) atoms. The van der Waals surface area contributed by atoms with Crippen LogP contribution in [0.3, 0.4) is 0 Å². The summed E-state index contributed by atoms with van der Waals surface area (Å²) in [4.78, 5) is 11.6. The summed E-state index contributed by atoms with van der Waals surface area (Å²) >= 11 is 0. The van der Waals surface area contributed by atoms with E-state index in [0.717, 1.165) is 12.0 Å². The fourth-order valence-corrected chi connectivity index (χ4v) is 1.45. The lowest BCUT2D eigenvalue weighted by Crippen LogP contribution is -1.98. The van der Waals surface area contributed by atoms with Crippen LogP contribution >= 0.6 is 0 Å². The molecule has 0 aliphatic carbocycles. The molecule has 82 valence electrons. The van der Waals surface area contributed by atoms with Crippen molar-refractivity contribution in [2.45, 2.75) is 6.42 Å². The second-order valence-electron chi connectivity index (χ2n) is 3.57. The molecule has 1 aromatic carbocycles. The third-order valence-electron chi connectivity index (χ3n) is 2.31. The lowest BCUT2D eigenvalue weighted by Gasteiger charge is -1.98. The molecule has 2 N–H and O–H groups in total. The molecule has 3 nitrogen and oxygen atoms in total. The first-order valence-corrected chi connectivity index (χ1v) is 5.16. The van der Waals surface area contributed by atoms with E-state index in [-0.39, 0.29) is 5.78 Å². The molecule has 1 aliphatic rings. The standard InChI is InChI=1S/C13H13NO2/c14-11-6-3-10(4-7-11)5-8-12(15)13-2-1-9-16-13/h2-8H,1,9,14H2/b8-5+. The molecule has 0 amide bonds. The number of carbonyl (C=O) groups is 1. The van der Waals surface area contributed by atoms with E-state index in [4.69, 9.17) is 10.5 Å². The first-order chi connectivity index (χ1) is 7.75. The van der Waals surface area contributed by atoms with Crippen LogP contribution in [0, 0.1) is 0 Å². The lowest BCUT2D eigenvalue weighted by atomic mass is 10.1. The van der Waals surface area contributed by atoms with Crippen molar-refractivity contribution in [3.63, 3.8) is 0 Å². The Hall–Kier alpha value is -2.03. The van der Waals surface area contributed by atoms with Crippen LogP contribution in [0.25, 0.3) is 6.08 Å². The highest BCUT2D eigenvalue weighted by molar-refractivity contribution is 6.05. The molecule has 1 heterocycles. The van der Waals surface area contributed by atoms with Crippen LogP contribution in [0.2, 0.25) is 0 Å². The normalized spacial score (nSPS) is 14.9. The molecule has 0 aromatic heterocycles. The Labute approximate surface area is 94.2 Å². The number of allylic oxidation sites excluding steroid dienone is 1. The van der Waals surface area contributed by atoms with E-state index in [1.165, 1.54) is 6.08 Å². The summed E-state index contributed by atoms with van der Waals surface area (Å²) in [5, 5.41) is 0. The summed E-state index contributed by atoms with van der Waals surface area (Å²) in [6.45, 7) is 0.608. The minimum absolute atomic E-state index is 0.0886. The maximum atomic E-state index is 11.6. The van der Waals surface area contributed by atoms with E-state index in [1.54, 1.807) is 18.2 Å². The van der Waals surface area contributed by atoms with Crippen molar-refractivity contribution in [1.29, 1.82) is 0 Å². The molecule has 0 saturated carbocycles. The second-order valence-corrected chi connectivity index (χ2v) is 3.57. The van der Waals surface area contributed by atoms with E-state index < -0.39 is 0 Å². The summed E-state index contributed by atoms with van der Waals surface area (Å²) in [6, 6.07) is 7.33. The van der Waals surface area contributed by atoms with E-state index in [1.807, 2.05) is 18.2 Å². The van der Waals surface area contributed by atoms with Crippen molar-refractivity contribution >= 4 is 17.5 Å². The molecule has 0 radical (unpaired) electrons. The number of nitrogens with two attached hydrogens (primary N) is 1. The molecular weight excluding hydrogens is 202 g/mol. The third kappa shape index (κ3) is 2.51. The minimum Gasteiger partial charge on any atom is -0.490 e. The van der Waals surface area contributed by atoms with Gasteiger partial charge >= 0.3 is 0 Å². The highest BCUT2D eigenvalue weighted by Crippen LogP contribution is 2.12. The first kappa shape index (κ1) is 10.5. The molecule has 0 bridgehead atoms. The number of ether oxygens (including phenoxy) is 1. The van der Waals surface area contributed by atoms with Crippen molar-refractivity contribution in [3.05, 3.63) is 47.7 Å². The lowest BCUT2D eigenvalue weighted by molar-refractivity contribution is -0.114. The number of anilines is 1. The monoisotopic (exact) mass is 215 g/mol. The molecule has 0 atom stereocenters. The molecule has 0 unspecified atom stereocenters. The van der Waals surface area contributed by atoms with Gasteiger partial charge in [-0.15, -0.1) is 0 Å². The fourth-order valence-electron chi connectivity index (χ4n) is 1.45. The van der Waals surface area contributed by atoms with Gasteiger partial charge in [-0.3, -0.25) is 4.79 Å². The zero-order valence-corrected chi connectivity index (χ0v) is 8.85. The van der Waals surface area contributed by atoms with Gasteiger partial charge in [0.25, 0.3) is 0 Å². The third-order valence-corrected chi connectivity index (χ3v) is 2.31. The largest absolute Gasteiger partial charge is 0.490 e. The Bertz CT molecular complexity index is 444. The van der Waals surface area contributed by atoms with Gasteiger partial charge in [0.15, 0.2) is 5.76 Å². The maximum Gasteiger partial charge on any atom is 0.220 e. The van der Waals surface area contributed by atoms with Gasteiger partial charge in [-0.1, -0.05) is 18.2 Å². The number of hydrogen-bond donors (Lipinski definition) is 1. The van der Waals surface area contributed by atoms with Crippen LogP contribution in [0.15, 0.2) is 42.2 Å². The molecule has 0 fully saturated rings. The molecule has 1 aliphatic heterocycles. The summed E-state index contributed by atoms with van der Waals surface area (Å²) in [6.07, 6.45) is 5.90. The fraction of sp³-hybridized carbons (Fsp3) is 0.154. The van der Waals surface area contributed by atoms with Crippen molar-refractivity contribution < 1.29 is 9.53 Å². The smallest absolute Gasteiger partial charge is 0.220 e. The van der Waals surface area contributed by atoms with Crippen LogP contribution in [0.1, 0.15) is 12.0 Å². The van der Waals surface area contributed by atoms with Crippen molar-refractivity contribution in [3.8, 4) is 0 Å². The average Bonchev–Trinajstić information content (AvgIpc) is 2.81. The van der Waals surface area contributed by atoms with Crippen LogP contribution in [-0.4, -0.2) is 12.4 Å². The van der Waals surface area contributed by atoms with Gasteiger partial charge in [0.2, 0.25) is 5.78 Å². The first-order valence-electron chi connectivity index (χ1n) is 5.16. The van der Waals surface area contributed by atoms with E-state index in [2.05, 4.69) is 0 Å². The van der Waals surface area contributed by atoms with E-state index >= 15 is 0 Å². The Morgan fingerprint density at radius 2 is 2.06 bits per heavy atom. The van der Waals surface area contributed by atoms with E-state index in [9.17, 15) is 4.79 Å². The van der Waals surface area contributed by atoms with Crippen molar-refractivity contribution in [2.24, 2.45) is 0 Å².